The van der Waals surface area contributed by atoms with E-state index in [4.69, 9.17) is 16.3 Å². The standard InChI is InChI=1S/C18H21ClN2O2/c1-13(18(22)20-16-9-7-15(19)8-10-16)21(2)12-14-5-4-6-17(11-14)23-3/h4-11,13H,12H2,1-3H3,(H,20,22). The van der Waals surface area contributed by atoms with Crippen molar-refractivity contribution in [1.82, 2.24) is 4.90 Å². The van der Waals surface area contributed by atoms with Gasteiger partial charge in [-0.1, -0.05) is 23.7 Å². The topological polar surface area (TPSA) is 41.6 Å². The molecule has 1 N–H and O–H groups in total. The molecule has 23 heavy (non-hydrogen) atoms. The lowest BCUT2D eigenvalue weighted by Crippen LogP contribution is -2.39. The number of halogens is 1. The first-order chi connectivity index (χ1) is 11.0. The number of amides is 1. The molecule has 2 aromatic carbocycles. The van der Waals surface area contributed by atoms with Crippen molar-refractivity contribution in [3.8, 4) is 5.75 Å². The van der Waals surface area contributed by atoms with Gasteiger partial charge in [0.15, 0.2) is 0 Å². The fraction of sp³-hybridized carbons (Fsp3) is 0.278. The van der Waals surface area contributed by atoms with Crippen LogP contribution in [-0.2, 0) is 11.3 Å². The Labute approximate surface area is 142 Å². The normalized spacial score (nSPS) is 12.0. The van der Waals surface area contributed by atoms with Crippen LogP contribution in [0.25, 0.3) is 0 Å². The van der Waals surface area contributed by atoms with E-state index in [-0.39, 0.29) is 11.9 Å². The molecule has 122 valence electrons. The van der Waals surface area contributed by atoms with E-state index in [9.17, 15) is 4.79 Å². The molecule has 0 saturated carbocycles. The van der Waals surface area contributed by atoms with E-state index >= 15 is 0 Å². The Morgan fingerprint density at radius 3 is 2.61 bits per heavy atom. The number of ether oxygens (including phenoxy) is 1. The van der Waals surface area contributed by atoms with Crippen molar-refractivity contribution in [3.05, 3.63) is 59.1 Å². The highest BCUT2D eigenvalue weighted by Crippen LogP contribution is 2.16. The molecule has 0 aliphatic carbocycles. The lowest BCUT2D eigenvalue weighted by atomic mass is 10.1. The van der Waals surface area contributed by atoms with Crippen LogP contribution in [0.5, 0.6) is 5.75 Å². The van der Waals surface area contributed by atoms with E-state index in [1.807, 2.05) is 43.1 Å². The maximum absolute atomic E-state index is 12.3. The summed E-state index contributed by atoms with van der Waals surface area (Å²) in [6.07, 6.45) is 0. The van der Waals surface area contributed by atoms with Crippen LogP contribution in [0.2, 0.25) is 5.02 Å². The van der Waals surface area contributed by atoms with Gasteiger partial charge < -0.3 is 10.1 Å². The number of hydrogen-bond donors (Lipinski definition) is 1. The molecule has 2 rings (SSSR count). The molecule has 4 nitrogen and oxygen atoms in total. The van der Waals surface area contributed by atoms with Gasteiger partial charge in [0, 0.05) is 17.3 Å². The number of carbonyl (C=O) groups is 1. The molecule has 0 fully saturated rings. The molecule has 0 bridgehead atoms. The molecule has 0 radical (unpaired) electrons. The Balaban J connectivity index is 1.96. The van der Waals surface area contributed by atoms with Crippen molar-refractivity contribution < 1.29 is 9.53 Å². The van der Waals surface area contributed by atoms with Crippen molar-refractivity contribution in [2.75, 3.05) is 19.5 Å². The van der Waals surface area contributed by atoms with E-state index in [1.165, 1.54) is 0 Å². The van der Waals surface area contributed by atoms with Gasteiger partial charge in [-0.3, -0.25) is 9.69 Å². The zero-order valence-electron chi connectivity index (χ0n) is 13.5. The van der Waals surface area contributed by atoms with Gasteiger partial charge in [-0.2, -0.15) is 0 Å². The average Bonchev–Trinajstić information content (AvgIpc) is 2.56. The smallest absolute Gasteiger partial charge is 0.241 e. The summed E-state index contributed by atoms with van der Waals surface area (Å²) in [6.45, 7) is 2.54. The average molecular weight is 333 g/mol. The quantitative estimate of drug-likeness (QED) is 0.874. The van der Waals surface area contributed by atoms with Crippen molar-refractivity contribution in [3.63, 3.8) is 0 Å². The minimum Gasteiger partial charge on any atom is -0.497 e. The second-order valence-electron chi connectivity index (χ2n) is 5.44. The number of benzene rings is 2. The van der Waals surface area contributed by atoms with Crippen LogP contribution >= 0.6 is 11.6 Å². The number of hydrogen-bond acceptors (Lipinski definition) is 3. The zero-order chi connectivity index (χ0) is 16.8. The largest absolute Gasteiger partial charge is 0.497 e. The summed E-state index contributed by atoms with van der Waals surface area (Å²) in [6, 6.07) is 14.6. The molecular formula is C18H21ClN2O2. The van der Waals surface area contributed by atoms with E-state index < -0.39 is 0 Å². The van der Waals surface area contributed by atoms with Crippen LogP contribution in [0.4, 0.5) is 5.69 Å². The van der Waals surface area contributed by atoms with Crippen LogP contribution in [0.1, 0.15) is 12.5 Å². The van der Waals surface area contributed by atoms with E-state index in [0.29, 0.717) is 11.6 Å². The molecule has 0 aromatic heterocycles. The number of methoxy groups -OCH3 is 1. The highest BCUT2D eigenvalue weighted by molar-refractivity contribution is 6.30. The molecule has 0 saturated heterocycles. The molecule has 1 amide bonds. The minimum absolute atomic E-state index is 0.0577. The van der Waals surface area contributed by atoms with Crippen molar-refractivity contribution in [2.24, 2.45) is 0 Å². The summed E-state index contributed by atoms with van der Waals surface area (Å²) in [4.78, 5) is 14.3. The number of nitrogens with one attached hydrogen (secondary N) is 1. The van der Waals surface area contributed by atoms with Crippen molar-refractivity contribution in [1.29, 1.82) is 0 Å². The van der Waals surface area contributed by atoms with Crippen LogP contribution in [0.3, 0.4) is 0 Å². The third kappa shape index (κ3) is 4.98. The zero-order valence-corrected chi connectivity index (χ0v) is 14.3. The first-order valence-electron chi connectivity index (χ1n) is 7.39. The number of rotatable bonds is 6. The maximum Gasteiger partial charge on any atom is 0.241 e. The predicted molar refractivity (Wildman–Crippen MR) is 94.0 cm³/mol. The van der Waals surface area contributed by atoms with Gasteiger partial charge in [0.25, 0.3) is 0 Å². The van der Waals surface area contributed by atoms with Crippen LogP contribution in [0, 0.1) is 0 Å². The van der Waals surface area contributed by atoms with Gasteiger partial charge in [-0.15, -0.1) is 0 Å². The van der Waals surface area contributed by atoms with Gasteiger partial charge >= 0.3 is 0 Å². The minimum atomic E-state index is -0.267. The first-order valence-corrected chi connectivity index (χ1v) is 7.77. The number of anilines is 1. The van der Waals surface area contributed by atoms with Gasteiger partial charge in [-0.25, -0.2) is 0 Å². The van der Waals surface area contributed by atoms with Crippen molar-refractivity contribution >= 4 is 23.2 Å². The Morgan fingerprint density at radius 2 is 1.96 bits per heavy atom. The highest BCUT2D eigenvalue weighted by atomic mass is 35.5. The highest BCUT2D eigenvalue weighted by Gasteiger charge is 2.18. The van der Waals surface area contributed by atoms with Crippen LogP contribution in [0.15, 0.2) is 48.5 Å². The van der Waals surface area contributed by atoms with Crippen molar-refractivity contribution in [2.45, 2.75) is 19.5 Å². The summed E-state index contributed by atoms with van der Waals surface area (Å²) in [7, 11) is 3.57. The molecule has 5 heteroatoms. The SMILES string of the molecule is COc1cccc(CN(C)C(C)C(=O)Nc2ccc(Cl)cc2)c1. The van der Waals surface area contributed by atoms with E-state index in [2.05, 4.69) is 5.32 Å². The molecule has 0 spiro atoms. The maximum atomic E-state index is 12.3. The predicted octanol–water partition coefficient (Wildman–Crippen LogP) is 3.81. The summed E-state index contributed by atoms with van der Waals surface area (Å²) in [5.74, 6) is 0.756. The number of nitrogens with zero attached hydrogens (tertiary/aromatic N) is 1. The first kappa shape index (κ1) is 17.3. The number of likely N-dealkylation sites (N-methyl/N-ethyl adjacent to an activating group) is 1. The molecule has 0 heterocycles. The molecule has 2 aromatic rings. The van der Waals surface area contributed by atoms with Gasteiger partial charge in [0.05, 0.1) is 13.2 Å². The molecular weight excluding hydrogens is 312 g/mol. The Hall–Kier alpha value is -2.04. The summed E-state index contributed by atoms with van der Waals surface area (Å²) in [5, 5.41) is 3.54. The second-order valence-corrected chi connectivity index (χ2v) is 5.88. The Kier molecular flexibility index (Phi) is 6.02. The Bertz CT molecular complexity index is 658. The third-order valence-electron chi connectivity index (χ3n) is 3.72. The van der Waals surface area contributed by atoms with Gasteiger partial charge in [0.1, 0.15) is 5.75 Å². The van der Waals surface area contributed by atoms with Crippen LogP contribution < -0.4 is 10.1 Å². The monoisotopic (exact) mass is 332 g/mol. The molecule has 0 aliphatic rings. The molecule has 0 aliphatic heterocycles. The lowest BCUT2D eigenvalue weighted by Gasteiger charge is -2.24. The van der Waals surface area contributed by atoms with Crippen LogP contribution in [-0.4, -0.2) is 31.0 Å². The van der Waals surface area contributed by atoms with Gasteiger partial charge in [0.2, 0.25) is 5.91 Å². The molecule has 1 unspecified atom stereocenters. The van der Waals surface area contributed by atoms with Gasteiger partial charge in [-0.05, 0) is 55.9 Å². The fourth-order valence-electron chi connectivity index (χ4n) is 2.18. The Morgan fingerprint density at radius 1 is 1.26 bits per heavy atom. The van der Waals surface area contributed by atoms with E-state index in [1.54, 1.807) is 31.4 Å². The summed E-state index contributed by atoms with van der Waals surface area (Å²) < 4.78 is 5.22. The summed E-state index contributed by atoms with van der Waals surface area (Å²) >= 11 is 5.85. The second kappa shape index (κ2) is 7.99. The van der Waals surface area contributed by atoms with E-state index in [0.717, 1.165) is 17.0 Å². The molecule has 1 atom stereocenters. The number of carbonyl (C=O) groups excluding carboxylic acids is 1. The lowest BCUT2D eigenvalue weighted by molar-refractivity contribution is -0.120. The third-order valence-corrected chi connectivity index (χ3v) is 3.97. The fourth-order valence-corrected chi connectivity index (χ4v) is 2.30. The summed E-state index contributed by atoms with van der Waals surface area (Å²) in [5.41, 5.74) is 1.83.